The summed E-state index contributed by atoms with van der Waals surface area (Å²) in [6.45, 7) is 0. The summed E-state index contributed by atoms with van der Waals surface area (Å²) in [5, 5.41) is 8.26. The van der Waals surface area contributed by atoms with Gasteiger partial charge in [0.2, 0.25) is 0 Å². The van der Waals surface area contributed by atoms with Crippen molar-refractivity contribution in [3.05, 3.63) is 22.2 Å². The fourth-order valence-electron chi connectivity index (χ4n) is 1.46. The number of hydrogen-bond acceptors (Lipinski definition) is 5. The molecule has 8 heteroatoms. The van der Waals surface area contributed by atoms with Crippen LogP contribution in [0.2, 0.25) is 5.02 Å². The fraction of sp³-hybridized carbons (Fsp3) is 0.100. The van der Waals surface area contributed by atoms with E-state index in [9.17, 15) is 8.78 Å². The number of hydrogen-bond donors (Lipinski definition) is 1. The summed E-state index contributed by atoms with van der Waals surface area (Å²) in [6, 6.07) is 1.40. The van der Waals surface area contributed by atoms with Gasteiger partial charge in [-0.2, -0.15) is 5.26 Å². The number of rotatable bonds is 1. The van der Waals surface area contributed by atoms with Crippen LogP contribution in [0.3, 0.4) is 0 Å². The molecule has 0 radical (unpaired) electrons. The molecule has 1 aromatic heterocycles. The zero-order chi connectivity index (χ0) is 13.4. The molecule has 0 saturated carbocycles. The van der Waals surface area contributed by atoms with Gasteiger partial charge in [-0.25, -0.2) is 18.7 Å². The highest BCUT2D eigenvalue weighted by Crippen LogP contribution is 2.34. The molecule has 0 unspecified atom stereocenters. The Labute approximate surface area is 110 Å². The number of aromatic nitrogens is 2. The number of thioether (sulfide) groups is 1. The van der Waals surface area contributed by atoms with E-state index in [0.717, 1.165) is 11.8 Å². The largest absolute Gasteiger partial charge is 0.383 e. The van der Waals surface area contributed by atoms with Crippen LogP contribution in [-0.4, -0.2) is 16.2 Å². The minimum atomic E-state index is -1.14. The predicted molar refractivity (Wildman–Crippen MR) is 65.4 cm³/mol. The standard InChI is InChI=1S/C10H5ClF2N4S/c1-18-10-16-8-4(9(15)17-10)6(12)3(2-14)7(13)5(8)11/h1H3,(H2,15,16,17). The molecule has 0 spiro atoms. The van der Waals surface area contributed by atoms with E-state index in [1.54, 1.807) is 6.26 Å². The van der Waals surface area contributed by atoms with E-state index in [2.05, 4.69) is 9.97 Å². The lowest BCUT2D eigenvalue weighted by Crippen LogP contribution is -2.03. The van der Waals surface area contributed by atoms with E-state index in [1.165, 1.54) is 6.07 Å². The molecule has 1 heterocycles. The van der Waals surface area contributed by atoms with Gasteiger partial charge < -0.3 is 5.73 Å². The summed E-state index contributed by atoms with van der Waals surface area (Å²) >= 11 is 6.89. The van der Waals surface area contributed by atoms with Gasteiger partial charge in [-0.3, -0.25) is 0 Å². The molecule has 0 aliphatic heterocycles. The Balaban J connectivity index is 3.03. The van der Waals surface area contributed by atoms with Crippen LogP contribution in [0.4, 0.5) is 14.6 Å². The first-order valence-electron chi connectivity index (χ1n) is 4.59. The molecule has 0 atom stereocenters. The number of anilines is 1. The molecular formula is C10H5ClF2N4S. The van der Waals surface area contributed by atoms with Gasteiger partial charge in [0.15, 0.2) is 16.8 Å². The Kier molecular flexibility index (Phi) is 3.24. The van der Waals surface area contributed by atoms with Crippen molar-refractivity contribution in [3.8, 4) is 6.07 Å². The first-order chi connectivity index (χ1) is 8.51. The van der Waals surface area contributed by atoms with E-state index in [-0.39, 0.29) is 21.9 Å². The van der Waals surface area contributed by atoms with Gasteiger partial charge in [0.05, 0.1) is 5.39 Å². The molecule has 4 nitrogen and oxygen atoms in total. The summed E-state index contributed by atoms with van der Waals surface area (Å²) in [5.41, 5.74) is 4.65. The van der Waals surface area contributed by atoms with E-state index >= 15 is 0 Å². The second kappa shape index (κ2) is 4.55. The molecule has 1 aromatic carbocycles. The molecule has 2 aromatic rings. The highest BCUT2D eigenvalue weighted by molar-refractivity contribution is 7.98. The molecule has 92 valence electrons. The highest BCUT2D eigenvalue weighted by Gasteiger charge is 2.22. The Morgan fingerprint density at radius 1 is 1.33 bits per heavy atom. The smallest absolute Gasteiger partial charge is 0.189 e. The second-order valence-corrected chi connectivity index (χ2v) is 4.40. The van der Waals surface area contributed by atoms with Crippen LogP contribution in [-0.2, 0) is 0 Å². The van der Waals surface area contributed by atoms with Gasteiger partial charge in [0.1, 0.15) is 28.0 Å². The summed E-state index contributed by atoms with van der Waals surface area (Å²) in [6.07, 6.45) is 1.69. The van der Waals surface area contributed by atoms with Crippen molar-refractivity contribution < 1.29 is 8.78 Å². The lowest BCUT2D eigenvalue weighted by molar-refractivity contribution is 0.585. The molecule has 0 fully saturated rings. The number of nitrogens with two attached hydrogens (primary N) is 1. The molecule has 18 heavy (non-hydrogen) atoms. The fourth-order valence-corrected chi connectivity index (χ4v) is 2.06. The summed E-state index contributed by atoms with van der Waals surface area (Å²) in [7, 11) is 0. The summed E-state index contributed by atoms with van der Waals surface area (Å²) in [4.78, 5) is 7.73. The third kappa shape index (κ3) is 1.74. The molecule has 0 aliphatic rings. The van der Waals surface area contributed by atoms with Crippen molar-refractivity contribution in [2.45, 2.75) is 5.16 Å². The Bertz CT molecular complexity index is 699. The average Bonchev–Trinajstić information content (AvgIpc) is 2.35. The van der Waals surface area contributed by atoms with Crippen LogP contribution in [0, 0.1) is 23.0 Å². The van der Waals surface area contributed by atoms with E-state index in [1.807, 2.05) is 0 Å². The topological polar surface area (TPSA) is 75.6 Å². The molecule has 0 aliphatic carbocycles. The number of benzene rings is 1. The van der Waals surface area contributed by atoms with Gasteiger partial charge in [0.25, 0.3) is 0 Å². The Morgan fingerprint density at radius 3 is 2.56 bits per heavy atom. The SMILES string of the molecule is CSc1nc(N)c2c(F)c(C#N)c(F)c(Cl)c2n1. The molecule has 2 rings (SSSR count). The van der Waals surface area contributed by atoms with Crippen LogP contribution >= 0.6 is 23.4 Å². The predicted octanol–water partition coefficient (Wildman–Crippen LogP) is 2.74. The van der Waals surface area contributed by atoms with Crippen LogP contribution < -0.4 is 5.73 Å². The minimum Gasteiger partial charge on any atom is -0.383 e. The van der Waals surface area contributed by atoms with Crippen molar-refractivity contribution in [2.75, 3.05) is 12.0 Å². The lowest BCUT2D eigenvalue weighted by atomic mass is 10.1. The van der Waals surface area contributed by atoms with Crippen molar-refractivity contribution in [1.29, 1.82) is 5.26 Å². The van der Waals surface area contributed by atoms with Crippen LogP contribution in [0.25, 0.3) is 10.9 Å². The first kappa shape index (κ1) is 12.8. The van der Waals surface area contributed by atoms with Crippen molar-refractivity contribution >= 4 is 40.1 Å². The third-order valence-electron chi connectivity index (χ3n) is 2.27. The zero-order valence-electron chi connectivity index (χ0n) is 8.96. The normalized spacial score (nSPS) is 10.6. The minimum absolute atomic E-state index is 0.137. The van der Waals surface area contributed by atoms with Gasteiger partial charge in [-0.05, 0) is 6.26 Å². The van der Waals surface area contributed by atoms with E-state index in [4.69, 9.17) is 22.6 Å². The molecule has 0 amide bonds. The number of fused-ring (bicyclic) bond motifs is 1. The summed E-state index contributed by atoms with van der Waals surface area (Å²) in [5.74, 6) is -2.42. The highest BCUT2D eigenvalue weighted by atomic mass is 35.5. The molecular weight excluding hydrogens is 282 g/mol. The number of nitrogen functional groups attached to an aromatic ring is 1. The molecule has 2 N–H and O–H groups in total. The van der Waals surface area contributed by atoms with Crippen molar-refractivity contribution in [1.82, 2.24) is 9.97 Å². The number of nitriles is 1. The Morgan fingerprint density at radius 2 is 2.00 bits per heavy atom. The second-order valence-electron chi connectivity index (χ2n) is 3.25. The van der Waals surface area contributed by atoms with Crippen LogP contribution in [0.15, 0.2) is 5.16 Å². The third-order valence-corrected chi connectivity index (χ3v) is 3.16. The number of halogens is 3. The average molecular weight is 287 g/mol. The van der Waals surface area contributed by atoms with Gasteiger partial charge in [-0.15, -0.1) is 0 Å². The molecule has 0 saturated heterocycles. The van der Waals surface area contributed by atoms with Gasteiger partial charge in [-0.1, -0.05) is 23.4 Å². The summed E-state index contributed by atoms with van der Waals surface area (Å²) < 4.78 is 27.6. The van der Waals surface area contributed by atoms with Gasteiger partial charge >= 0.3 is 0 Å². The molecule has 0 bridgehead atoms. The Hall–Kier alpha value is -1.65. The maximum atomic E-state index is 13.9. The van der Waals surface area contributed by atoms with E-state index in [0.29, 0.717) is 0 Å². The maximum Gasteiger partial charge on any atom is 0.189 e. The van der Waals surface area contributed by atoms with Crippen LogP contribution in [0.1, 0.15) is 5.56 Å². The van der Waals surface area contributed by atoms with Crippen molar-refractivity contribution in [3.63, 3.8) is 0 Å². The van der Waals surface area contributed by atoms with Crippen LogP contribution in [0.5, 0.6) is 0 Å². The quantitative estimate of drug-likeness (QED) is 0.495. The monoisotopic (exact) mass is 286 g/mol. The first-order valence-corrected chi connectivity index (χ1v) is 6.19. The van der Waals surface area contributed by atoms with E-state index < -0.39 is 22.2 Å². The number of nitrogens with zero attached hydrogens (tertiary/aromatic N) is 3. The zero-order valence-corrected chi connectivity index (χ0v) is 10.5. The maximum absolute atomic E-state index is 13.9. The van der Waals surface area contributed by atoms with Gasteiger partial charge in [0, 0.05) is 0 Å². The van der Waals surface area contributed by atoms with Crippen molar-refractivity contribution in [2.24, 2.45) is 0 Å². The lowest BCUT2D eigenvalue weighted by Gasteiger charge is -2.08.